The highest BCUT2D eigenvalue weighted by Crippen LogP contribution is 2.71. The molecule has 0 aromatic heterocycles. The van der Waals surface area contributed by atoms with Gasteiger partial charge in [0.2, 0.25) is 0 Å². The van der Waals surface area contributed by atoms with Gasteiger partial charge in [0.05, 0.1) is 17.3 Å². The van der Waals surface area contributed by atoms with Gasteiger partial charge in [-0.25, -0.2) is 8.78 Å². The summed E-state index contributed by atoms with van der Waals surface area (Å²) in [5, 5.41) is 31.4. The lowest BCUT2D eigenvalue weighted by molar-refractivity contribution is -0.156. The van der Waals surface area contributed by atoms with Crippen LogP contribution in [-0.4, -0.2) is 69.0 Å². The number of rotatable bonds is 13. The minimum atomic E-state index is -2.97. The van der Waals surface area contributed by atoms with Crippen molar-refractivity contribution in [3.8, 4) is 0 Å². The molecule has 8 fully saturated rings. The molecule has 0 aromatic carbocycles. The van der Waals surface area contributed by atoms with Crippen LogP contribution in [0, 0.1) is 45.3 Å². The molecule has 8 aliphatic carbocycles. The Kier molecular flexibility index (Phi) is 13.9. The number of allylic oxidation sites excluding steroid dienone is 8. The largest absolute Gasteiger partial charge is 0.462 e. The number of ether oxygens (including phenoxy) is 2. The summed E-state index contributed by atoms with van der Waals surface area (Å²) in [6.07, 6.45) is 22.6. The van der Waals surface area contributed by atoms with Crippen LogP contribution in [0.1, 0.15) is 233 Å². The highest BCUT2D eigenvalue weighted by Gasteiger charge is 2.62. The summed E-state index contributed by atoms with van der Waals surface area (Å²) in [4.78, 5) is 31.1. The van der Waals surface area contributed by atoms with Gasteiger partial charge in [-0.15, -0.1) is 0 Å². The molecule has 0 aliphatic heterocycles. The standard InChI is InChI=1S/C30H45FO3.C28H43FO2.C4H6O3/c1-20-23(18-24(19-26(20)31)34-21(2)32)10-9-22-8-6-14-29(5)25(22)11-12-27(29)30(16-17-30)15-7-13-28(3,4)33;1-19-21(17-22(30)18-24(19)29)9-8-20-7-5-13-27(4)23(20)10-11-25(27)28(15-16-28)14-6-12-26(2,3)31;1-3(5)7-4(2)6/h9-10,24-27,33H,1,6-8,11-19H2,2-5H3;8-9,22-25,30-31H,1,5-7,10-18H2,2-4H3;1-2H3/b22-9+,23-10-;20-8+,21-9-;/t24?,25?,26-,27?,29-;22?,23?,24-,25?,27-;/m00./s1/i3D3,4D3;2D3,3D3;. The molecule has 72 heavy (non-hydrogen) atoms. The molecule has 10 heteroatoms. The van der Waals surface area contributed by atoms with Crippen molar-refractivity contribution in [2.24, 2.45) is 45.3 Å². The second-order valence-electron chi connectivity index (χ2n) is 23.9. The molecule has 0 heterocycles. The van der Waals surface area contributed by atoms with E-state index < -0.39 is 81.1 Å². The van der Waals surface area contributed by atoms with Crippen LogP contribution in [0.25, 0.3) is 0 Å². The quantitative estimate of drug-likeness (QED) is 0.123. The van der Waals surface area contributed by atoms with Gasteiger partial charge >= 0.3 is 17.9 Å². The normalized spacial score (nSPS) is 39.1. The SMILES string of the molecule is CC(=O)OC(C)=O.[2H]C([2H])([2H])C(O)(CCCC1(C2CCC3/C(=C/C=C4/CC(O)C[C@H](F)C4=C)CCC[C@@]32C)CC1)C([2H])([2H])[2H].[2H]C([2H])([2H])C(O)(CCCC1(C2CCC3/C(=C/C=C4/CC(OC(C)=O)C[C@H](F)C4=C)CCC[C@@]32C)CC1)C([2H])([2H])[2H]. The number of aliphatic hydroxyl groups is 3. The first-order valence-corrected chi connectivity index (χ1v) is 27.0. The Morgan fingerprint density at radius 2 is 1.10 bits per heavy atom. The molecule has 8 aliphatic rings. The lowest BCUT2D eigenvalue weighted by atomic mass is 9.59. The number of fused-ring (bicyclic) bond motifs is 2. The third-order valence-corrected chi connectivity index (χ3v) is 18.7. The number of hydrogen-bond donors (Lipinski definition) is 3. The van der Waals surface area contributed by atoms with Gasteiger partial charge in [-0.2, -0.15) is 0 Å². The highest BCUT2D eigenvalue weighted by atomic mass is 19.1. The Balaban J connectivity index is 0.000000242. The Bertz CT molecular complexity index is 2520. The van der Waals surface area contributed by atoms with Crippen LogP contribution in [0.15, 0.2) is 70.9 Å². The van der Waals surface area contributed by atoms with Gasteiger partial charge in [0.1, 0.15) is 18.4 Å². The molecule has 404 valence electrons. The molecule has 3 N–H and O–H groups in total. The highest BCUT2D eigenvalue weighted by molar-refractivity contribution is 5.82. The predicted molar refractivity (Wildman–Crippen MR) is 283 cm³/mol. The van der Waals surface area contributed by atoms with Crippen LogP contribution < -0.4 is 0 Å². The van der Waals surface area contributed by atoms with Gasteiger partial charge in [-0.05, 0) is 217 Å². The molecular formula is C62H94F2O8. The van der Waals surface area contributed by atoms with Crippen molar-refractivity contribution < 1.29 is 64.4 Å². The zero-order chi connectivity index (χ0) is 63.0. The van der Waals surface area contributed by atoms with Crippen LogP contribution in [-0.2, 0) is 23.9 Å². The van der Waals surface area contributed by atoms with E-state index >= 15 is 0 Å². The summed E-state index contributed by atoms with van der Waals surface area (Å²) in [7, 11) is 0. The minimum absolute atomic E-state index is 0.0746. The van der Waals surface area contributed by atoms with Crippen molar-refractivity contribution in [3.63, 3.8) is 0 Å². The van der Waals surface area contributed by atoms with Crippen LogP contribution in [0.5, 0.6) is 0 Å². The monoisotopic (exact) mass is 1020 g/mol. The Morgan fingerprint density at radius 1 is 0.667 bits per heavy atom. The molecule has 6 unspecified atom stereocenters. The van der Waals surface area contributed by atoms with Gasteiger partial charge in [0.15, 0.2) is 0 Å². The van der Waals surface area contributed by atoms with E-state index in [-0.39, 0.29) is 47.3 Å². The maximum absolute atomic E-state index is 14.6. The summed E-state index contributed by atoms with van der Waals surface area (Å²) < 4.78 is 130. The first-order valence-electron chi connectivity index (χ1n) is 33.0. The Hall–Kier alpha value is -3.21. The van der Waals surface area contributed by atoms with Gasteiger partial charge in [-0.3, -0.25) is 14.4 Å². The molecule has 8 nitrogen and oxygen atoms in total. The number of aliphatic hydroxyl groups excluding tert-OH is 1. The fourth-order valence-electron chi connectivity index (χ4n) is 15.1. The van der Waals surface area contributed by atoms with E-state index in [1.54, 1.807) is 0 Å². The number of esters is 3. The Labute approximate surface area is 449 Å². The van der Waals surface area contributed by atoms with Gasteiger partial charge < -0.3 is 24.8 Å². The van der Waals surface area contributed by atoms with Crippen molar-refractivity contribution >= 4 is 17.9 Å². The minimum Gasteiger partial charge on any atom is -0.462 e. The molecule has 0 spiro atoms. The van der Waals surface area contributed by atoms with Crippen molar-refractivity contribution in [1.82, 2.24) is 0 Å². The van der Waals surface area contributed by atoms with E-state index in [4.69, 9.17) is 21.2 Å². The summed E-state index contributed by atoms with van der Waals surface area (Å²) in [5.41, 5.74) is 0.325. The molecule has 0 amide bonds. The third-order valence-electron chi connectivity index (χ3n) is 18.7. The maximum atomic E-state index is 14.6. The number of alkyl halides is 2. The fraction of sp³-hybridized carbons (Fsp3) is 0.758. The summed E-state index contributed by atoms with van der Waals surface area (Å²) in [6, 6.07) is 0. The van der Waals surface area contributed by atoms with Crippen LogP contribution >= 0.6 is 0 Å². The van der Waals surface area contributed by atoms with Gasteiger partial charge in [0.25, 0.3) is 0 Å². The van der Waals surface area contributed by atoms with Crippen LogP contribution in [0.3, 0.4) is 0 Å². The number of carbonyl (C=O) groups excluding carboxylic acids is 3. The molecule has 0 radical (unpaired) electrons. The zero-order valence-corrected chi connectivity index (χ0v) is 44.0. The summed E-state index contributed by atoms with van der Waals surface area (Å²) in [5.74, 6) is 0.257. The first kappa shape index (κ1) is 43.0. The van der Waals surface area contributed by atoms with E-state index in [2.05, 4.69) is 43.9 Å². The second-order valence-corrected chi connectivity index (χ2v) is 23.9. The molecule has 0 bridgehead atoms. The average molecular weight is 1020 g/mol. The van der Waals surface area contributed by atoms with E-state index in [9.17, 15) is 38.5 Å². The molecule has 0 saturated heterocycles. The van der Waals surface area contributed by atoms with Crippen molar-refractivity contribution in [1.29, 1.82) is 0 Å². The number of halogens is 2. The van der Waals surface area contributed by atoms with Crippen LogP contribution in [0.4, 0.5) is 8.78 Å². The molecule has 10 atom stereocenters. The van der Waals surface area contributed by atoms with Crippen molar-refractivity contribution in [2.75, 3.05) is 0 Å². The molecule has 0 aromatic rings. The van der Waals surface area contributed by atoms with Gasteiger partial charge in [-0.1, -0.05) is 75.3 Å². The molecule has 8 rings (SSSR count). The Morgan fingerprint density at radius 3 is 1.49 bits per heavy atom. The second kappa shape index (κ2) is 23.4. The lowest BCUT2D eigenvalue weighted by Gasteiger charge is -2.45. The van der Waals surface area contributed by atoms with E-state index in [0.29, 0.717) is 60.5 Å². The van der Waals surface area contributed by atoms with Gasteiger partial charge in [0, 0.05) is 56.5 Å². The third kappa shape index (κ3) is 14.6. The lowest BCUT2D eigenvalue weighted by Crippen LogP contribution is -2.37. The molecular weight excluding hydrogens is 911 g/mol. The maximum Gasteiger partial charge on any atom is 0.310 e. The first-order chi connectivity index (χ1) is 38.6. The van der Waals surface area contributed by atoms with E-state index in [1.807, 2.05) is 12.2 Å². The van der Waals surface area contributed by atoms with Crippen molar-refractivity contribution in [3.05, 3.63) is 70.9 Å². The summed E-state index contributed by atoms with van der Waals surface area (Å²) in [6.45, 7) is 4.48. The fourth-order valence-corrected chi connectivity index (χ4v) is 15.1. The zero-order valence-electron chi connectivity index (χ0n) is 56.0. The number of hydrogen-bond acceptors (Lipinski definition) is 8. The van der Waals surface area contributed by atoms with E-state index in [1.165, 1.54) is 31.9 Å². The van der Waals surface area contributed by atoms with Crippen LogP contribution in [0.2, 0.25) is 0 Å². The smallest absolute Gasteiger partial charge is 0.310 e. The van der Waals surface area contributed by atoms with Crippen molar-refractivity contribution in [2.45, 2.75) is 252 Å². The predicted octanol–water partition coefficient (Wildman–Crippen LogP) is 14.3. The summed E-state index contributed by atoms with van der Waals surface area (Å²) >= 11 is 0. The number of carbonyl (C=O) groups is 3. The molecule has 8 saturated carbocycles. The topological polar surface area (TPSA) is 130 Å². The van der Waals surface area contributed by atoms with E-state index in [0.717, 1.165) is 114 Å². The average Bonchev–Trinajstić information content (AvgIpc) is 1.59.